The number of hydrogen-bond acceptors (Lipinski definition) is 8. The lowest BCUT2D eigenvalue weighted by Gasteiger charge is -2.28. The Morgan fingerprint density at radius 1 is 0.968 bits per heavy atom. The van der Waals surface area contributed by atoms with Crippen LogP contribution in [0.25, 0.3) is 11.5 Å². The van der Waals surface area contributed by atoms with Crippen molar-refractivity contribution < 1.29 is 27.0 Å². The number of benzene rings is 1. The highest BCUT2D eigenvalue weighted by Gasteiger charge is 2.24. The van der Waals surface area contributed by atoms with Crippen molar-refractivity contribution in [2.75, 3.05) is 39.3 Å². The van der Waals surface area contributed by atoms with Gasteiger partial charge in [0.15, 0.2) is 0 Å². The Balaban J connectivity index is 1.84. The smallest absolute Gasteiger partial charge is 0.335 e. The second-order valence-corrected chi connectivity index (χ2v) is 10.9. The first-order chi connectivity index (χ1) is 14.4. The Kier molecular flexibility index (Phi) is 8.23. The minimum Gasteiger partial charge on any atom is -0.493 e. The van der Waals surface area contributed by atoms with Gasteiger partial charge in [-0.05, 0) is 24.3 Å². The fourth-order valence-electron chi connectivity index (χ4n) is 2.52. The number of nitrogens with zero attached hydrogens (tertiary/aromatic N) is 2. The molecule has 170 valence electrons. The van der Waals surface area contributed by atoms with Gasteiger partial charge in [-0.3, -0.25) is 0 Å². The van der Waals surface area contributed by atoms with E-state index >= 15 is 0 Å². The van der Waals surface area contributed by atoms with E-state index < -0.39 is 15.1 Å². The summed E-state index contributed by atoms with van der Waals surface area (Å²) in [6.45, 7) is 10.6. The Labute approximate surface area is 184 Å². The quantitative estimate of drug-likeness (QED) is 0.359. The van der Waals surface area contributed by atoms with Crippen LogP contribution in [0.15, 0.2) is 33.9 Å². The molecule has 0 aliphatic carbocycles. The highest BCUT2D eigenvalue weighted by molar-refractivity contribution is 7.90. The van der Waals surface area contributed by atoms with E-state index in [1.807, 2.05) is 0 Å². The van der Waals surface area contributed by atoms with E-state index in [2.05, 4.69) is 43.8 Å². The molecule has 2 aromatic rings. The maximum Gasteiger partial charge on any atom is 0.335 e. The summed E-state index contributed by atoms with van der Waals surface area (Å²) in [6.07, 6.45) is 6.21. The van der Waals surface area contributed by atoms with E-state index in [4.69, 9.17) is 25.1 Å². The molecule has 9 heteroatoms. The van der Waals surface area contributed by atoms with Crippen LogP contribution in [-0.4, -0.2) is 57.9 Å². The van der Waals surface area contributed by atoms with Gasteiger partial charge in [0.05, 0.1) is 26.4 Å². The van der Waals surface area contributed by atoms with Gasteiger partial charge in [0.2, 0.25) is 15.7 Å². The van der Waals surface area contributed by atoms with Crippen LogP contribution in [0.3, 0.4) is 0 Å². The largest absolute Gasteiger partial charge is 0.493 e. The predicted molar refractivity (Wildman–Crippen MR) is 116 cm³/mol. The Bertz CT molecular complexity index is 988. The second-order valence-electron chi connectivity index (χ2n) is 8.98. The lowest BCUT2D eigenvalue weighted by Crippen LogP contribution is -2.31. The summed E-state index contributed by atoms with van der Waals surface area (Å²) in [7, 11) is -3.54. The monoisotopic (exact) mass is 450 g/mol. The third-order valence-corrected chi connectivity index (χ3v) is 4.92. The van der Waals surface area contributed by atoms with Crippen LogP contribution in [0.2, 0.25) is 0 Å². The summed E-state index contributed by atoms with van der Waals surface area (Å²) in [6, 6.07) is 7.00. The van der Waals surface area contributed by atoms with Crippen molar-refractivity contribution in [3.63, 3.8) is 0 Å². The number of hydrogen-bond donors (Lipinski definition) is 0. The Hall–Kier alpha value is -2.41. The topological polar surface area (TPSA) is 101 Å². The second kappa shape index (κ2) is 10.3. The molecule has 0 amide bonds. The van der Waals surface area contributed by atoms with Crippen molar-refractivity contribution in [1.29, 1.82) is 0 Å². The summed E-state index contributed by atoms with van der Waals surface area (Å²) in [5.74, 6) is 3.26. The lowest BCUT2D eigenvalue weighted by atomic mass is 9.94. The molecule has 31 heavy (non-hydrogen) atoms. The zero-order valence-corrected chi connectivity index (χ0v) is 19.5. The van der Waals surface area contributed by atoms with Crippen molar-refractivity contribution in [1.82, 2.24) is 10.2 Å². The first-order valence-corrected chi connectivity index (χ1v) is 11.7. The molecule has 1 heterocycles. The minimum atomic E-state index is -3.54. The molecule has 0 bridgehead atoms. The molecule has 0 unspecified atom stereocenters. The zero-order valence-electron chi connectivity index (χ0n) is 18.7. The summed E-state index contributed by atoms with van der Waals surface area (Å²) < 4.78 is 45.3. The Morgan fingerprint density at radius 2 is 1.55 bits per heavy atom. The van der Waals surface area contributed by atoms with Crippen LogP contribution in [0, 0.1) is 23.2 Å². The predicted octanol–water partition coefficient (Wildman–Crippen LogP) is 3.24. The van der Waals surface area contributed by atoms with Crippen LogP contribution in [0.5, 0.6) is 5.75 Å². The highest BCUT2D eigenvalue weighted by atomic mass is 32.2. The normalized spacial score (nSPS) is 12.5. The summed E-state index contributed by atoms with van der Waals surface area (Å²) >= 11 is 0. The molecule has 0 N–H and O–H groups in total. The Morgan fingerprint density at radius 3 is 2.10 bits per heavy atom. The van der Waals surface area contributed by atoms with Gasteiger partial charge in [-0.15, -0.1) is 11.5 Å². The van der Waals surface area contributed by atoms with Crippen molar-refractivity contribution in [3.05, 3.63) is 24.3 Å². The molecule has 0 aliphatic rings. The molecule has 0 atom stereocenters. The third kappa shape index (κ3) is 8.32. The lowest BCUT2D eigenvalue weighted by molar-refractivity contribution is -0.0286. The number of terminal acetylenes is 1. The number of aromatic nitrogens is 2. The van der Waals surface area contributed by atoms with Gasteiger partial charge in [0, 0.05) is 22.6 Å². The van der Waals surface area contributed by atoms with Crippen LogP contribution < -0.4 is 4.74 Å². The zero-order chi connectivity index (χ0) is 23.1. The standard InChI is InChI=1S/C22H30N2O6S/c1-7-12-27-13-21(2,3)14-28-15-22(4,5)16-29-18-10-8-17(9-11-18)19-23-24-20(30-19)31(6,25)26/h1,8-11H,12-16H2,2-6H3. The molecule has 0 saturated heterocycles. The molecule has 0 aliphatic heterocycles. The van der Waals surface area contributed by atoms with E-state index in [0.29, 0.717) is 44.3 Å². The molecular formula is C22H30N2O6S. The molecule has 8 nitrogen and oxygen atoms in total. The fourth-order valence-corrected chi connectivity index (χ4v) is 2.94. The van der Waals surface area contributed by atoms with Crippen molar-refractivity contribution in [3.8, 4) is 29.5 Å². The van der Waals surface area contributed by atoms with Gasteiger partial charge in [-0.25, -0.2) is 8.42 Å². The molecule has 0 radical (unpaired) electrons. The third-order valence-electron chi connectivity index (χ3n) is 4.12. The molecule has 0 spiro atoms. The van der Waals surface area contributed by atoms with Gasteiger partial charge in [-0.2, -0.15) is 0 Å². The van der Waals surface area contributed by atoms with Crippen molar-refractivity contribution >= 4 is 9.84 Å². The van der Waals surface area contributed by atoms with Crippen LogP contribution in [-0.2, 0) is 19.3 Å². The highest BCUT2D eigenvalue weighted by Crippen LogP contribution is 2.25. The van der Waals surface area contributed by atoms with E-state index in [1.165, 1.54) is 0 Å². The molecule has 2 rings (SSSR count). The van der Waals surface area contributed by atoms with Crippen LogP contribution in [0.4, 0.5) is 0 Å². The van der Waals surface area contributed by atoms with Gasteiger partial charge < -0.3 is 18.6 Å². The number of rotatable bonds is 12. The van der Waals surface area contributed by atoms with Gasteiger partial charge >= 0.3 is 5.22 Å². The molecular weight excluding hydrogens is 420 g/mol. The van der Waals surface area contributed by atoms with E-state index in [0.717, 1.165) is 6.26 Å². The maximum absolute atomic E-state index is 11.5. The van der Waals surface area contributed by atoms with E-state index in [1.54, 1.807) is 24.3 Å². The minimum absolute atomic E-state index is 0.130. The summed E-state index contributed by atoms with van der Waals surface area (Å²) in [5, 5.41) is 6.92. The number of ether oxygens (including phenoxy) is 3. The molecule has 1 aromatic carbocycles. The molecule has 0 saturated carbocycles. The van der Waals surface area contributed by atoms with Crippen LogP contribution in [0.1, 0.15) is 27.7 Å². The first-order valence-electron chi connectivity index (χ1n) is 9.78. The SMILES string of the molecule is C#CCOCC(C)(C)COCC(C)(C)COc1ccc(-c2nnc(S(C)(=O)=O)o2)cc1. The van der Waals surface area contributed by atoms with Crippen LogP contribution >= 0.6 is 0 Å². The van der Waals surface area contributed by atoms with Gasteiger partial charge in [-0.1, -0.05) is 38.7 Å². The van der Waals surface area contributed by atoms with Gasteiger partial charge in [0.1, 0.15) is 12.4 Å². The summed E-state index contributed by atoms with van der Waals surface area (Å²) in [4.78, 5) is 0. The maximum atomic E-state index is 11.5. The molecule has 0 fully saturated rings. The first kappa shape index (κ1) is 24.9. The fraction of sp³-hybridized carbons (Fsp3) is 0.545. The average Bonchev–Trinajstić information content (AvgIpc) is 3.17. The van der Waals surface area contributed by atoms with Gasteiger partial charge in [0.25, 0.3) is 0 Å². The van der Waals surface area contributed by atoms with Crippen molar-refractivity contribution in [2.24, 2.45) is 10.8 Å². The summed E-state index contributed by atoms with van der Waals surface area (Å²) in [5.41, 5.74) is 0.271. The van der Waals surface area contributed by atoms with E-state index in [-0.39, 0.29) is 16.7 Å². The van der Waals surface area contributed by atoms with E-state index in [9.17, 15) is 8.42 Å². The van der Waals surface area contributed by atoms with Crippen molar-refractivity contribution in [2.45, 2.75) is 32.9 Å². The average molecular weight is 451 g/mol. The molecule has 1 aromatic heterocycles. The number of sulfone groups is 1.